The zero-order valence-electron chi connectivity index (χ0n) is 11.8. The van der Waals surface area contributed by atoms with Gasteiger partial charge in [-0.05, 0) is 20.8 Å². The number of ether oxygens (including phenoxy) is 1. The van der Waals surface area contributed by atoms with Crippen LogP contribution in [0.1, 0.15) is 20.8 Å². The van der Waals surface area contributed by atoms with E-state index >= 15 is 0 Å². The van der Waals surface area contributed by atoms with Crippen molar-refractivity contribution in [3.63, 3.8) is 0 Å². The van der Waals surface area contributed by atoms with E-state index < -0.39 is 0 Å². The van der Waals surface area contributed by atoms with Crippen LogP contribution >= 0.6 is 0 Å². The number of carbonyl (C=O) groups is 1. The summed E-state index contributed by atoms with van der Waals surface area (Å²) in [5.74, 6) is 1.10. The predicted molar refractivity (Wildman–Crippen MR) is 74.2 cm³/mol. The summed E-state index contributed by atoms with van der Waals surface area (Å²) >= 11 is 0. The van der Waals surface area contributed by atoms with E-state index in [1.807, 2.05) is 20.8 Å². The number of methoxy groups -OCH3 is 1. The molecule has 0 aliphatic rings. The molecule has 106 valence electrons. The first-order valence-corrected chi connectivity index (χ1v) is 6.18. The Labute approximate surface area is 113 Å². The van der Waals surface area contributed by atoms with Crippen molar-refractivity contribution < 1.29 is 9.53 Å². The van der Waals surface area contributed by atoms with E-state index in [2.05, 4.69) is 15.3 Å². The molecule has 0 aliphatic carbocycles. The van der Waals surface area contributed by atoms with E-state index in [-0.39, 0.29) is 24.3 Å². The Morgan fingerprint density at radius 3 is 2.74 bits per heavy atom. The molecule has 0 fully saturated rings. The number of carbonyl (C=O) groups excluding carboxylic acids is 1. The lowest BCUT2D eigenvalue weighted by atomic mass is 10.3. The van der Waals surface area contributed by atoms with E-state index in [0.29, 0.717) is 18.1 Å². The summed E-state index contributed by atoms with van der Waals surface area (Å²) in [5.41, 5.74) is 5.73. The Kier molecular flexibility index (Phi) is 5.35. The van der Waals surface area contributed by atoms with Crippen molar-refractivity contribution in [2.24, 2.45) is 0 Å². The molecule has 0 bridgehead atoms. The van der Waals surface area contributed by atoms with Crippen molar-refractivity contribution >= 4 is 17.5 Å². The summed E-state index contributed by atoms with van der Waals surface area (Å²) in [6, 6.07) is 0.101. The summed E-state index contributed by atoms with van der Waals surface area (Å²) in [5, 5.41) is 2.83. The van der Waals surface area contributed by atoms with Crippen LogP contribution in [0.5, 0.6) is 5.75 Å². The Hall–Kier alpha value is -2.05. The maximum absolute atomic E-state index is 11.8. The fraction of sp³-hybridized carbons (Fsp3) is 0.583. The number of hydrogen-bond acceptors (Lipinski definition) is 6. The lowest BCUT2D eigenvalue weighted by molar-refractivity contribution is -0.120. The minimum Gasteiger partial charge on any atom is -0.490 e. The maximum atomic E-state index is 11.8. The third-order valence-electron chi connectivity index (χ3n) is 2.48. The van der Waals surface area contributed by atoms with Crippen LogP contribution < -0.4 is 20.7 Å². The quantitative estimate of drug-likeness (QED) is 0.776. The second-order valence-corrected chi connectivity index (χ2v) is 4.35. The third-order valence-corrected chi connectivity index (χ3v) is 2.48. The summed E-state index contributed by atoms with van der Waals surface area (Å²) < 4.78 is 5.20. The zero-order valence-corrected chi connectivity index (χ0v) is 11.8. The molecule has 1 rings (SSSR count). The van der Waals surface area contributed by atoms with Crippen molar-refractivity contribution in [1.29, 1.82) is 0 Å². The number of nitrogens with zero attached hydrogens (tertiary/aromatic N) is 3. The fourth-order valence-corrected chi connectivity index (χ4v) is 1.68. The van der Waals surface area contributed by atoms with Gasteiger partial charge in [0.05, 0.1) is 13.7 Å². The van der Waals surface area contributed by atoms with E-state index in [9.17, 15) is 4.79 Å². The molecule has 0 radical (unpaired) electrons. The topological polar surface area (TPSA) is 93.4 Å². The number of anilines is 2. The summed E-state index contributed by atoms with van der Waals surface area (Å²) in [6.07, 6.45) is 1.36. The van der Waals surface area contributed by atoms with Gasteiger partial charge in [-0.25, -0.2) is 9.97 Å². The molecule has 0 unspecified atom stereocenters. The highest BCUT2D eigenvalue weighted by Crippen LogP contribution is 2.29. The Morgan fingerprint density at radius 1 is 1.53 bits per heavy atom. The number of hydrogen-bond donors (Lipinski definition) is 2. The third kappa shape index (κ3) is 3.97. The van der Waals surface area contributed by atoms with Crippen molar-refractivity contribution in [2.75, 3.05) is 30.8 Å². The fourth-order valence-electron chi connectivity index (χ4n) is 1.68. The number of nitrogens with two attached hydrogens (primary N) is 1. The molecule has 0 spiro atoms. The number of nitrogen functional groups attached to an aromatic ring is 1. The molecule has 1 heterocycles. The molecule has 0 atom stereocenters. The van der Waals surface area contributed by atoms with E-state index in [4.69, 9.17) is 10.5 Å². The Balaban J connectivity index is 2.91. The summed E-state index contributed by atoms with van der Waals surface area (Å²) in [4.78, 5) is 21.6. The van der Waals surface area contributed by atoms with E-state index in [1.54, 1.807) is 4.90 Å². The minimum absolute atomic E-state index is 0.0731. The number of amides is 1. The van der Waals surface area contributed by atoms with Gasteiger partial charge in [0.25, 0.3) is 0 Å². The van der Waals surface area contributed by atoms with Crippen molar-refractivity contribution in [3.8, 4) is 5.75 Å². The number of rotatable bonds is 6. The molecule has 3 N–H and O–H groups in total. The van der Waals surface area contributed by atoms with E-state index in [0.717, 1.165) is 0 Å². The van der Waals surface area contributed by atoms with Gasteiger partial charge in [-0.3, -0.25) is 4.79 Å². The second-order valence-electron chi connectivity index (χ2n) is 4.35. The van der Waals surface area contributed by atoms with E-state index in [1.165, 1.54) is 13.4 Å². The molecule has 1 aromatic rings. The van der Waals surface area contributed by atoms with Gasteiger partial charge >= 0.3 is 0 Å². The van der Waals surface area contributed by atoms with Gasteiger partial charge in [0.15, 0.2) is 11.6 Å². The molecular weight excluding hydrogens is 246 g/mol. The van der Waals surface area contributed by atoms with Crippen LogP contribution in [-0.4, -0.2) is 42.1 Å². The van der Waals surface area contributed by atoms with Crippen molar-refractivity contribution in [3.05, 3.63) is 6.33 Å². The predicted octanol–water partition coefficient (Wildman–Crippen LogP) is 0.418. The molecule has 0 saturated heterocycles. The van der Waals surface area contributed by atoms with Crippen LogP contribution in [0.3, 0.4) is 0 Å². The van der Waals surface area contributed by atoms with Crippen molar-refractivity contribution in [1.82, 2.24) is 15.3 Å². The van der Waals surface area contributed by atoms with Gasteiger partial charge in [-0.2, -0.15) is 0 Å². The Morgan fingerprint density at radius 2 is 2.21 bits per heavy atom. The molecule has 0 saturated carbocycles. The zero-order chi connectivity index (χ0) is 14.4. The van der Waals surface area contributed by atoms with Crippen LogP contribution in [0.2, 0.25) is 0 Å². The normalized spacial score (nSPS) is 10.4. The highest BCUT2D eigenvalue weighted by molar-refractivity contribution is 5.82. The van der Waals surface area contributed by atoms with Gasteiger partial charge in [0.2, 0.25) is 11.7 Å². The van der Waals surface area contributed by atoms with Crippen LogP contribution in [0.15, 0.2) is 6.33 Å². The summed E-state index contributed by atoms with van der Waals surface area (Å²) in [6.45, 7) is 6.56. The molecule has 1 amide bonds. The molecule has 0 aromatic carbocycles. The highest BCUT2D eigenvalue weighted by Gasteiger charge is 2.18. The van der Waals surface area contributed by atoms with Gasteiger partial charge in [0.1, 0.15) is 6.33 Å². The van der Waals surface area contributed by atoms with Gasteiger partial charge in [-0.1, -0.05) is 0 Å². The first kappa shape index (κ1) is 15.0. The molecule has 1 aromatic heterocycles. The number of nitrogens with one attached hydrogen (secondary N) is 1. The van der Waals surface area contributed by atoms with Crippen LogP contribution in [0.25, 0.3) is 0 Å². The standard InChI is InChI=1S/C12H21N5O2/c1-5-17(6-9(18)16-8(2)3)12-10(19-4)11(13)14-7-15-12/h7-8H,5-6H2,1-4H3,(H,16,18)(H2,13,14,15). The second kappa shape index (κ2) is 6.77. The monoisotopic (exact) mass is 267 g/mol. The largest absolute Gasteiger partial charge is 0.490 e. The van der Waals surface area contributed by atoms with Gasteiger partial charge in [-0.15, -0.1) is 0 Å². The first-order chi connectivity index (χ1) is 8.99. The minimum atomic E-state index is -0.0731. The first-order valence-electron chi connectivity index (χ1n) is 6.18. The lowest BCUT2D eigenvalue weighted by Crippen LogP contribution is -2.40. The maximum Gasteiger partial charge on any atom is 0.239 e. The number of aromatic nitrogens is 2. The SMILES string of the molecule is CCN(CC(=O)NC(C)C)c1ncnc(N)c1OC. The van der Waals surface area contributed by atoms with Gasteiger partial charge in [0, 0.05) is 12.6 Å². The van der Waals surface area contributed by atoms with Crippen LogP contribution in [0.4, 0.5) is 11.6 Å². The molecular formula is C12H21N5O2. The van der Waals surface area contributed by atoms with Crippen LogP contribution in [0, 0.1) is 0 Å². The van der Waals surface area contributed by atoms with Crippen molar-refractivity contribution in [2.45, 2.75) is 26.8 Å². The number of likely N-dealkylation sites (N-methyl/N-ethyl adjacent to an activating group) is 1. The molecule has 7 nitrogen and oxygen atoms in total. The molecule has 0 aliphatic heterocycles. The highest BCUT2D eigenvalue weighted by atomic mass is 16.5. The lowest BCUT2D eigenvalue weighted by Gasteiger charge is -2.23. The average Bonchev–Trinajstić information content (AvgIpc) is 2.34. The van der Waals surface area contributed by atoms with Crippen LogP contribution in [-0.2, 0) is 4.79 Å². The van der Waals surface area contributed by atoms with Gasteiger partial charge < -0.3 is 20.7 Å². The average molecular weight is 267 g/mol. The smallest absolute Gasteiger partial charge is 0.239 e. The summed E-state index contributed by atoms with van der Waals surface area (Å²) in [7, 11) is 1.50. The molecule has 7 heteroatoms. The molecule has 19 heavy (non-hydrogen) atoms. The Bertz CT molecular complexity index is 436.